The zero-order valence-corrected chi connectivity index (χ0v) is 8.00. The van der Waals surface area contributed by atoms with Gasteiger partial charge in [0.1, 0.15) is 0 Å². The van der Waals surface area contributed by atoms with Crippen LogP contribution in [0.1, 0.15) is 6.42 Å². The molecule has 0 rings (SSSR count). The predicted molar refractivity (Wildman–Crippen MR) is 46.4 cm³/mol. The molecule has 0 radical (unpaired) electrons. The summed E-state index contributed by atoms with van der Waals surface area (Å²) in [4.78, 5) is 21.4. The lowest BCUT2D eigenvalue weighted by Crippen LogP contribution is -2.37. The van der Waals surface area contributed by atoms with E-state index in [9.17, 15) is 9.59 Å². The van der Waals surface area contributed by atoms with E-state index < -0.39 is 12.1 Å². The summed E-state index contributed by atoms with van der Waals surface area (Å²) in [6.07, 6.45) is -1.15. The lowest BCUT2D eigenvalue weighted by molar-refractivity contribution is -0.150. The van der Waals surface area contributed by atoms with Crippen molar-refractivity contribution in [3.05, 3.63) is 0 Å². The Balaban J connectivity index is 3.63. The molecule has 1 atom stereocenters. The molecular formula is C7H12ClNO4. The Kier molecular flexibility index (Phi) is 6.26. The largest absolute Gasteiger partial charge is 0.467 e. The van der Waals surface area contributed by atoms with Gasteiger partial charge < -0.3 is 15.2 Å². The van der Waals surface area contributed by atoms with Crippen LogP contribution in [0.15, 0.2) is 0 Å². The van der Waals surface area contributed by atoms with Crippen molar-refractivity contribution < 1.29 is 19.4 Å². The van der Waals surface area contributed by atoms with Gasteiger partial charge in [0.05, 0.1) is 13.7 Å². The highest BCUT2D eigenvalue weighted by atomic mass is 35.5. The molecule has 0 saturated heterocycles. The zero-order chi connectivity index (χ0) is 10.3. The molecule has 0 aromatic rings. The minimum absolute atomic E-state index is 0.150. The number of esters is 1. The number of amides is 1. The molecule has 2 N–H and O–H groups in total. The second-order valence-electron chi connectivity index (χ2n) is 2.28. The number of hydrogen-bond donors (Lipinski definition) is 2. The fourth-order valence-corrected chi connectivity index (χ4v) is 0.776. The molecule has 5 nitrogen and oxygen atoms in total. The van der Waals surface area contributed by atoms with Gasteiger partial charge in [-0.3, -0.25) is 4.79 Å². The van der Waals surface area contributed by atoms with Gasteiger partial charge in [0, 0.05) is 12.3 Å². The van der Waals surface area contributed by atoms with Crippen LogP contribution >= 0.6 is 11.6 Å². The quantitative estimate of drug-likeness (QED) is 0.462. The molecule has 6 heteroatoms. The van der Waals surface area contributed by atoms with E-state index in [1.165, 1.54) is 0 Å². The third-order valence-corrected chi connectivity index (χ3v) is 1.48. The van der Waals surface area contributed by atoms with Gasteiger partial charge in [0.25, 0.3) is 0 Å². The van der Waals surface area contributed by atoms with Crippen LogP contribution in [0.4, 0.5) is 0 Å². The van der Waals surface area contributed by atoms with Crippen LogP contribution in [0, 0.1) is 0 Å². The fourth-order valence-electron chi connectivity index (χ4n) is 0.604. The SMILES string of the molecule is COC(=O)C(O)CNC(=O)CCCl. The van der Waals surface area contributed by atoms with Crippen molar-refractivity contribution in [2.24, 2.45) is 0 Å². The number of carbonyl (C=O) groups excluding carboxylic acids is 2. The Bertz CT molecular complexity index is 185. The van der Waals surface area contributed by atoms with Crippen molar-refractivity contribution in [3.63, 3.8) is 0 Å². The molecule has 0 spiro atoms. The molecule has 0 aliphatic carbocycles. The van der Waals surface area contributed by atoms with Crippen LogP contribution in [0.2, 0.25) is 0 Å². The number of hydrogen-bond acceptors (Lipinski definition) is 4. The highest BCUT2D eigenvalue weighted by Crippen LogP contribution is 1.87. The number of alkyl halides is 1. The number of aliphatic hydroxyl groups excluding tert-OH is 1. The van der Waals surface area contributed by atoms with Gasteiger partial charge in [-0.2, -0.15) is 0 Å². The van der Waals surface area contributed by atoms with Crippen molar-refractivity contribution in [1.29, 1.82) is 0 Å². The van der Waals surface area contributed by atoms with E-state index in [2.05, 4.69) is 10.1 Å². The number of carbonyl (C=O) groups is 2. The first kappa shape index (κ1) is 12.2. The molecule has 13 heavy (non-hydrogen) atoms. The highest BCUT2D eigenvalue weighted by Gasteiger charge is 2.15. The van der Waals surface area contributed by atoms with Crippen LogP contribution in [-0.2, 0) is 14.3 Å². The van der Waals surface area contributed by atoms with Crippen LogP contribution in [0.3, 0.4) is 0 Å². The van der Waals surface area contributed by atoms with Crippen LogP contribution in [-0.4, -0.2) is 42.6 Å². The second kappa shape index (κ2) is 6.68. The third-order valence-electron chi connectivity index (χ3n) is 1.29. The molecule has 0 aromatic heterocycles. The summed E-state index contributed by atoms with van der Waals surface area (Å²) in [6.45, 7) is -0.150. The molecule has 0 heterocycles. The average Bonchev–Trinajstić information content (AvgIpc) is 2.13. The normalized spacial score (nSPS) is 11.9. The van der Waals surface area contributed by atoms with Gasteiger partial charge in [-0.25, -0.2) is 4.79 Å². The number of nitrogens with one attached hydrogen (secondary N) is 1. The van der Waals surface area contributed by atoms with Gasteiger partial charge in [-0.15, -0.1) is 11.6 Å². The Labute approximate surface area is 81.0 Å². The van der Waals surface area contributed by atoms with Crippen molar-refractivity contribution >= 4 is 23.5 Å². The van der Waals surface area contributed by atoms with Gasteiger partial charge in [-0.05, 0) is 0 Å². The monoisotopic (exact) mass is 209 g/mol. The summed E-state index contributed by atoms with van der Waals surface area (Å²) in [5, 5.41) is 11.3. The van der Waals surface area contributed by atoms with Crippen molar-refractivity contribution in [2.45, 2.75) is 12.5 Å². The van der Waals surface area contributed by atoms with Crippen molar-refractivity contribution in [3.8, 4) is 0 Å². The average molecular weight is 210 g/mol. The first-order valence-corrected chi connectivity index (χ1v) is 4.23. The summed E-state index contributed by atoms with van der Waals surface area (Å²) in [5.74, 6) is -0.871. The minimum atomic E-state index is -1.32. The van der Waals surface area contributed by atoms with E-state index in [0.717, 1.165) is 7.11 Å². The van der Waals surface area contributed by atoms with E-state index in [1.54, 1.807) is 0 Å². The highest BCUT2D eigenvalue weighted by molar-refractivity contribution is 6.18. The van der Waals surface area contributed by atoms with Crippen LogP contribution in [0.25, 0.3) is 0 Å². The Morgan fingerprint density at radius 3 is 2.69 bits per heavy atom. The molecule has 76 valence electrons. The minimum Gasteiger partial charge on any atom is -0.467 e. The Morgan fingerprint density at radius 2 is 2.23 bits per heavy atom. The topological polar surface area (TPSA) is 75.6 Å². The molecule has 0 aliphatic rings. The van der Waals surface area contributed by atoms with Gasteiger partial charge in [0.15, 0.2) is 6.10 Å². The molecule has 0 fully saturated rings. The summed E-state index contributed by atoms with van der Waals surface area (Å²) in [5.41, 5.74) is 0. The molecule has 0 saturated carbocycles. The number of ether oxygens (including phenoxy) is 1. The maximum atomic E-state index is 10.8. The van der Waals surface area contributed by atoms with E-state index in [1.807, 2.05) is 0 Å². The van der Waals surface area contributed by atoms with Gasteiger partial charge >= 0.3 is 5.97 Å². The standard InChI is InChI=1S/C7H12ClNO4/c1-13-7(12)5(10)4-9-6(11)2-3-8/h5,10H,2-4H2,1H3,(H,9,11). The van der Waals surface area contributed by atoms with Gasteiger partial charge in [-0.1, -0.05) is 0 Å². The van der Waals surface area contributed by atoms with E-state index >= 15 is 0 Å². The predicted octanol–water partition coefficient (Wildman–Crippen LogP) is -0.735. The van der Waals surface area contributed by atoms with E-state index in [-0.39, 0.29) is 24.8 Å². The number of aliphatic hydroxyl groups is 1. The van der Waals surface area contributed by atoms with Crippen molar-refractivity contribution in [1.82, 2.24) is 5.32 Å². The lowest BCUT2D eigenvalue weighted by atomic mass is 10.3. The smallest absolute Gasteiger partial charge is 0.336 e. The number of halogens is 1. The number of rotatable bonds is 5. The molecule has 0 bridgehead atoms. The third kappa shape index (κ3) is 5.43. The summed E-state index contributed by atoms with van der Waals surface area (Å²) < 4.78 is 4.24. The fraction of sp³-hybridized carbons (Fsp3) is 0.714. The first-order valence-electron chi connectivity index (χ1n) is 3.70. The summed E-state index contributed by atoms with van der Waals surface area (Å²) in [6, 6.07) is 0. The first-order chi connectivity index (χ1) is 6.11. The molecule has 0 aliphatic heterocycles. The maximum Gasteiger partial charge on any atom is 0.336 e. The second-order valence-corrected chi connectivity index (χ2v) is 2.66. The maximum absolute atomic E-state index is 10.8. The molecular weight excluding hydrogens is 198 g/mol. The van der Waals surface area contributed by atoms with Crippen molar-refractivity contribution in [2.75, 3.05) is 19.5 Å². The van der Waals surface area contributed by atoms with E-state index in [4.69, 9.17) is 16.7 Å². The zero-order valence-electron chi connectivity index (χ0n) is 7.25. The molecule has 1 amide bonds. The molecule has 1 unspecified atom stereocenters. The van der Waals surface area contributed by atoms with Gasteiger partial charge in [0.2, 0.25) is 5.91 Å². The lowest BCUT2D eigenvalue weighted by Gasteiger charge is -2.08. The Hall–Kier alpha value is -0.810. The van der Waals surface area contributed by atoms with Crippen LogP contribution in [0.5, 0.6) is 0 Å². The molecule has 0 aromatic carbocycles. The number of methoxy groups -OCH3 is 1. The summed E-state index contributed by atoms with van der Waals surface area (Å²) >= 11 is 5.29. The Morgan fingerprint density at radius 1 is 1.62 bits per heavy atom. The van der Waals surface area contributed by atoms with E-state index in [0.29, 0.717) is 0 Å². The van der Waals surface area contributed by atoms with Crippen LogP contribution < -0.4 is 5.32 Å². The summed E-state index contributed by atoms with van der Waals surface area (Å²) in [7, 11) is 1.16.